The molecule has 0 saturated carbocycles. The van der Waals surface area contributed by atoms with Gasteiger partial charge in [-0.05, 0) is 6.92 Å². The van der Waals surface area contributed by atoms with Gasteiger partial charge in [0.25, 0.3) is 11.8 Å². The normalized spacial score (nSPS) is 14.1. The summed E-state index contributed by atoms with van der Waals surface area (Å²) in [6, 6.07) is 0. The van der Waals surface area contributed by atoms with Crippen LogP contribution in [0.15, 0.2) is 18.3 Å². The van der Waals surface area contributed by atoms with Gasteiger partial charge in [-0.15, -0.1) is 5.10 Å². The zero-order valence-corrected chi connectivity index (χ0v) is 13.7. The third kappa shape index (κ3) is 5.84. The van der Waals surface area contributed by atoms with Crippen LogP contribution in [0.3, 0.4) is 0 Å². The van der Waals surface area contributed by atoms with E-state index in [4.69, 9.17) is 14.2 Å². The predicted molar refractivity (Wildman–Crippen MR) is 82.9 cm³/mol. The van der Waals surface area contributed by atoms with E-state index >= 15 is 0 Å². The van der Waals surface area contributed by atoms with Crippen molar-refractivity contribution in [2.75, 3.05) is 39.6 Å². The number of carbonyl (C=O) groups is 2. The van der Waals surface area contributed by atoms with E-state index in [1.54, 1.807) is 10.9 Å². The second-order valence-electron chi connectivity index (χ2n) is 4.99. The molecule has 2 amide bonds. The summed E-state index contributed by atoms with van der Waals surface area (Å²) >= 11 is 0. The van der Waals surface area contributed by atoms with Gasteiger partial charge < -0.3 is 14.2 Å². The molecule has 2 rings (SSSR count). The van der Waals surface area contributed by atoms with E-state index in [1.807, 2.05) is 6.92 Å². The Morgan fingerprint density at radius 2 is 1.58 bits per heavy atom. The first-order chi connectivity index (χ1) is 11.7. The minimum absolute atomic E-state index is 0.124. The lowest BCUT2D eigenvalue weighted by atomic mass is 10.4. The van der Waals surface area contributed by atoms with Crippen molar-refractivity contribution in [3.8, 4) is 0 Å². The van der Waals surface area contributed by atoms with Crippen molar-refractivity contribution in [1.82, 2.24) is 19.9 Å². The fourth-order valence-electron chi connectivity index (χ4n) is 2.01. The SMILES string of the molecule is CCOCCOCCOCCn1cc(CN2C(=O)C=CC2=O)nn1. The highest BCUT2D eigenvalue weighted by molar-refractivity contribution is 6.12. The molecule has 1 aromatic heterocycles. The minimum Gasteiger partial charge on any atom is -0.379 e. The molecule has 1 aromatic rings. The van der Waals surface area contributed by atoms with Gasteiger partial charge in [-0.2, -0.15) is 0 Å². The van der Waals surface area contributed by atoms with Crippen LogP contribution < -0.4 is 0 Å². The maximum Gasteiger partial charge on any atom is 0.253 e. The number of nitrogens with zero attached hydrogens (tertiary/aromatic N) is 4. The van der Waals surface area contributed by atoms with Crippen LogP contribution in [0.25, 0.3) is 0 Å². The van der Waals surface area contributed by atoms with Crippen molar-refractivity contribution < 1.29 is 23.8 Å². The first-order valence-electron chi connectivity index (χ1n) is 7.86. The number of rotatable bonds is 12. The summed E-state index contributed by atoms with van der Waals surface area (Å²) < 4.78 is 17.5. The molecule has 0 saturated heterocycles. The van der Waals surface area contributed by atoms with E-state index in [9.17, 15) is 9.59 Å². The molecule has 2 heterocycles. The van der Waals surface area contributed by atoms with Crippen LogP contribution in [-0.4, -0.2) is 71.3 Å². The van der Waals surface area contributed by atoms with Crippen LogP contribution in [0.1, 0.15) is 12.6 Å². The van der Waals surface area contributed by atoms with E-state index in [-0.39, 0.29) is 18.4 Å². The number of hydrogen-bond acceptors (Lipinski definition) is 7. The van der Waals surface area contributed by atoms with Gasteiger partial charge in [0.05, 0.1) is 52.3 Å². The highest BCUT2D eigenvalue weighted by Gasteiger charge is 2.24. The molecular weight excluding hydrogens is 316 g/mol. The molecule has 0 spiro atoms. The van der Waals surface area contributed by atoms with E-state index < -0.39 is 0 Å². The topological polar surface area (TPSA) is 95.8 Å². The number of carbonyl (C=O) groups excluding carboxylic acids is 2. The zero-order valence-electron chi connectivity index (χ0n) is 13.7. The van der Waals surface area contributed by atoms with Gasteiger partial charge in [0.15, 0.2) is 0 Å². The summed E-state index contributed by atoms with van der Waals surface area (Å²) in [5.74, 6) is -0.663. The average molecular weight is 338 g/mol. The van der Waals surface area contributed by atoms with Crippen LogP contribution in [0.4, 0.5) is 0 Å². The van der Waals surface area contributed by atoms with Crippen LogP contribution in [0.2, 0.25) is 0 Å². The molecule has 1 aliphatic heterocycles. The first-order valence-corrected chi connectivity index (χ1v) is 7.86. The third-order valence-electron chi connectivity index (χ3n) is 3.22. The van der Waals surface area contributed by atoms with Crippen molar-refractivity contribution in [1.29, 1.82) is 0 Å². The molecular formula is C15H22N4O5. The molecule has 9 heteroatoms. The Morgan fingerprint density at radius 1 is 0.958 bits per heavy atom. The highest BCUT2D eigenvalue weighted by atomic mass is 16.5. The van der Waals surface area contributed by atoms with Gasteiger partial charge in [0, 0.05) is 18.8 Å². The van der Waals surface area contributed by atoms with Crippen molar-refractivity contribution in [3.05, 3.63) is 24.0 Å². The van der Waals surface area contributed by atoms with Crippen molar-refractivity contribution in [3.63, 3.8) is 0 Å². The lowest BCUT2D eigenvalue weighted by molar-refractivity contribution is -0.137. The summed E-state index contributed by atoms with van der Waals surface area (Å²) in [7, 11) is 0. The molecule has 0 N–H and O–H groups in total. The summed E-state index contributed by atoms with van der Waals surface area (Å²) in [6.45, 7) is 5.93. The zero-order chi connectivity index (χ0) is 17.2. The second kappa shape index (κ2) is 9.91. The van der Waals surface area contributed by atoms with Gasteiger partial charge >= 0.3 is 0 Å². The number of amides is 2. The monoisotopic (exact) mass is 338 g/mol. The molecule has 0 fully saturated rings. The average Bonchev–Trinajstić information content (AvgIpc) is 3.15. The van der Waals surface area contributed by atoms with E-state index in [2.05, 4.69) is 10.3 Å². The Hall–Kier alpha value is -2.10. The summed E-state index contributed by atoms with van der Waals surface area (Å²) in [6.07, 6.45) is 4.19. The standard InChI is InChI=1S/C15H22N4O5/c1-2-22-7-8-24-10-9-23-6-5-18-11-13(16-17-18)12-19-14(20)3-4-15(19)21/h3-4,11H,2,5-10,12H2,1H3. The smallest absolute Gasteiger partial charge is 0.253 e. The first kappa shape index (κ1) is 18.2. The molecule has 0 aliphatic carbocycles. The number of hydrogen-bond donors (Lipinski definition) is 0. The molecule has 0 aromatic carbocycles. The number of imide groups is 1. The van der Waals surface area contributed by atoms with E-state index in [0.717, 1.165) is 4.90 Å². The van der Waals surface area contributed by atoms with E-state index in [1.165, 1.54) is 12.2 Å². The summed E-state index contributed by atoms with van der Waals surface area (Å²) in [5, 5.41) is 7.90. The summed E-state index contributed by atoms with van der Waals surface area (Å²) in [5.41, 5.74) is 0.555. The van der Waals surface area contributed by atoms with Gasteiger partial charge in [-0.25, -0.2) is 4.68 Å². The second-order valence-corrected chi connectivity index (χ2v) is 4.99. The fourth-order valence-corrected chi connectivity index (χ4v) is 2.01. The molecule has 9 nitrogen and oxygen atoms in total. The van der Waals surface area contributed by atoms with Gasteiger partial charge in [0.2, 0.25) is 0 Å². The predicted octanol–water partition coefficient (Wildman–Crippen LogP) is -0.227. The van der Waals surface area contributed by atoms with Gasteiger partial charge in [-0.1, -0.05) is 5.21 Å². The molecule has 1 aliphatic rings. The molecule has 0 radical (unpaired) electrons. The Kier molecular flexibility index (Phi) is 7.53. The molecule has 132 valence electrons. The number of aromatic nitrogens is 3. The molecule has 24 heavy (non-hydrogen) atoms. The largest absolute Gasteiger partial charge is 0.379 e. The van der Waals surface area contributed by atoms with Crippen molar-refractivity contribution in [2.24, 2.45) is 0 Å². The van der Waals surface area contributed by atoms with Gasteiger partial charge in [0.1, 0.15) is 5.69 Å². The lowest BCUT2D eigenvalue weighted by Crippen LogP contribution is -2.29. The number of ether oxygens (including phenoxy) is 3. The van der Waals surface area contributed by atoms with Crippen molar-refractivity contribution >= 4 is 11.8 Å². The fraction of sp³-hybridized carbons (Fsp3) is 0.600. The van der Waals surface area contributed by atoms with Crippen LogP contribution >= 0.6 is 0 Å². The Bertz CT molecular complexity index is 554. The third-order valence-corrected chi connectivity index (χ3v) is 3.22. The van der Waals surface area contributed by atoms with Crippen LogP contribution in [0.5, 0.6) is 0 Å². The maximum absolute atomic E-state index is 11.5. The van der Waals surface area contributed by atoms with E-state index in [0.29, 0.717) is 51.9 Å². The molecule has 0 bridgehead atoms. The molecule has 0 atom stereocenters. The summed E-state index contributed by atoms with van der Waals surface area (Å²) in [4.78, 5) is 24.1. The van der Waals surface area contributed by atoms with Gasteiger partial charge in [-0.3, -0.25) is 14.5 Å². The minimum atomic E-state index is -0.331. The quantitative estimate of drug-likeness (QED) is 0.384. The maximum atomic E-state index is 11.5. The lowest BCUT2D eigenvalue weighted by Gasteiger charge is -2.10. The highest BCUT2D eigenvalue weighted by Crippen LogP contribution is 2.08. The van der Waals surface area contributed by atoms with Crippen LogP contribution in [0, 0.1) is 0 Å². The Labute approximate surface area is 140 Å². The van der Waals surface area contributed by atoms with Crippen LogP contribution in [-0.2, 0) is 36.9 Å². The Balaban J connectivity index is 1.57. The van der Waals surface area contributed by atoms with Crippen molar-refractivity contribution in [2.45, 2.75) is 20.0 Å². The Morgan fingerprint density at radius 3 is 2.25 bits per heavy atom. The molecule has 0 unspecified atom stereocenters.